The van der Waals surface area contributed by atoms with Crippen molar-refractivity contribution in [2.45, 2.75) is 26.3 Å². The van der Waals surface area contributed by atoms with Crippen LogP contribution in [0.1, 0.15) is 29.4 Å². The Kier molecular flexibility index (Phi) is 3.86. The summed E-state index contributed by atoms with van der Waals surface area (Å²) in [5.41, 5.74) is 3.88. The van der Waals surface area contributed by atoms with Gasteiger partial charge in [-0.2, -0.15) is 5.10 Å². The standard InChI is InChI=1S/C17H22N8O/c1-10-14(11(2)24(4)22-10)15-12(7-13(26)23(15)3)8-19-16-17-21-20-9-25(17)6-5-18-16/h5-6,9,12,15H,7-8H2,1-4H3,(H,18,19). The van der Waals surface area contributed by atoms with Gasteiger partial charge in [0.1, 0.15) is 6.33 Å². The lowest BCUT2D eigenvalue weighted by Gasteiger charge is -2.26. The smallest absolute Gasteiger partial charge is 0.223 e. The number of likely N-dealkylation sites (tertiary alicyclic amines) is 1. The van der Waals surface area contributed by atoms with Gasteiger partial charge in [0.25, 0.3) is 0 Å². The molecule has 1 aliphatic heterocycles. The summed E-state index contributed by atoms with van der Waals surface area (Å²) in [6.07, 6.45) is 5.65. The minimum atomic E-state index is 0.00121. The molecule has 4 rings (SSSR count). The molecule has 2 unspecified atom stereocenters. The van der Waals surface area contributed by atoms with Gasteiger partial charge < -0.3 is 10.2 Å². The number of hydrogen-bond acceptors (Lipinski definition) is 6. The Morgan fingerprint density at radius 3 is 2.85 bits per heavy atom. The first-order valence-electron chi connectivity index (χ1n) is 8.61. The van der Waals surface area contributed by atoms with Crippen LogP contribution >= 0.6 is 0 Å². The van der Waals surface area contributed by atoms with E-state index in [1.165, 1.54) is 0 Å². The molecule has 9 heteroatoms. The summed E-state index contributed by atoms with van der Waals surface area (Å²) in [6, 6.07) is 0.00121. The Morgan fingerprint density at radius 1 is 1.31 bits per heavy atom. The third kappa shape index (κ3) is 2.51. The number of nitrogens with zero attached hydrogens (tertiary/aromatic N) is 7. The molecular weight excluding hydrogens is 332 g/mol. The first-order valence-corrected chi connectivity index (χ1v) is 8.61. The number of anilines is 1. The van der Waals surface area contributed by atoms with E-state index in [0.717, 1.165) is 17.0 Å². The van der Waals surface area contributed by atoms with Gasteiger partial charge >= 0.3 is 0 Å². The molecule has 0 aromatic carbocycles. The van der Waals surface area contributed by atoms with Crippen molar-refractivity contribution < 1.29 is 4.79 Å². The van der Waals surface area contributed by atoms with Gasteiger partial charge in [-0.1, -0.05) is 0 Å². The van der Waals surface area contributed by atoms with E-state index in [9.17, 15) is 4.79 Å². The van der Waals surface area contributed by atoms with E-state index in [1.807, 2.05) is 35.0 Å². The molecule has 26 heavy (non-hydrogen) atoms. The molecule has 0 radical (unpaired) electrons. The highest BCUT2D eigenvalue weighted by Crippen LogP contribution is 2.39. The van der Waals surface area contributed by atoms with E-state index in [0.29, 0.717) is 24.4 Å². The summed E-state index contributed by atoms with van der Waals surface area (Å²) < 4.78 is 3.69. The predicted octanol–water partition coefficient (Wildman–Crippen LogP) is 1.11. The van der Waals surface area contributed by atoms with Crippen molar-refractivity contribution in [3.8, 4) is 0 Å². The van der Waals surface area contributed by atoms with E-state index in [1.54, 1.807) is 18.7 Å². The number of aryl methyl sites for hydroxylation is 2. The highest BCUT2D eigenvalue weighted by molar-refractivity contribution is 5.79. The second-order valence-corrected chi connectivity index (χ2v) is 6.84. The number of hydrogen-bond donors (Lipinski definition) is 1. The fraction of sp³-hybridized carbons (Fsp3) is 0.471. The Hall–Kier alpha value is -2.97. The van der Waals surface area contributed by atoms with Crippen molar-refractivity contribution in [1.29, 1.82) is 0 Å². The number of fused-ring (bicyclic) bond motifs is 1. The minimum absolute atomic E-state index is 0.00121. The maximum atomic E-state index is 12.4. The van der Waals surface area contributed by atoms with Crippen LogP contribution in [0.2, 0.25) is 0 Å². The van der Waals surface area contributed by atoms with Crippen LogP contribution in [0.5, 0.6) is 0 Å². The molecule has 1 aliphatic rings. The molecule has 0 aliphatic carbocycles. The monoisotopic (exact) mass is 354 g/mol. The Morgan fingerprint density at radius 2 is 2.12 bits per heavy atom. The fourth-order valence-electron chi connectivity index (χ4n) is 3.89. The molecule has 1 amide bonds. The predicted molar refractivity (Wildman–Crippen MR) is 95.6 cm³/mol. The lowest BCUT2D eigenvalue weighted by molar-refractivity contribution is -0.127. The number of carbonyl (C=O) groups is 1. The maximum Gasteiger partial charge on any atom is 0.223 e. The quantitative estimate of drug-likeness (QED) is 0.754. The molecule has 0 bridgehead atoms. The molecule has 1 saturated heterocycles. The van der Waals surface area contributed by atoms with Crippen LogP contribution in [0, 0.1) is 19.8 Å². The normalized spacial score (nSPS) is 20.3. The first-order chi connectivity index (χ1) is 12.5. The van der Waals surface area contributed by atoms with E-state index >= 15 is 0 Å². The highest BCUT2D eigenvalue weighted by atomic mass is 16.2. The largest absolute Gasteiger partial charge is 0.367 e. The minimum Gasteiger partial charge on any atom is -0.367 e. The highest BCUT2D eigenvalue weighted by Gasteiger charge is 2.40. The average molecular weight is 354 g/mol. The van der Waals surface area contributed by atoms with Crippen molar-refractivity contribution in [2.75, 3.05) is 18.9 Å². The number of aromatic nitrogens is 6. The molecule has 2 atom stereocenters. The van der Waals surface area contributed by atoms with Crippen LogP contribution in [-0.4, -0.2) is 53.8 Å². The van der Waals surface area contributed by atoms with Gasteiger partial charge in [0.05, 0.1) is 11.7 Å². The molecule has 1 N–H and O–H groups in total. The summed E-state index contributed by atoms with van der Waals surface area (Å²) in [7, 11) is 3.81. The van der Waals surface area contributed by atoms with Crippen molar-refractivity contribution in [1.82, 2.24) is 34.3 Å². The summed E-state index contributed by atoms with van der Waals surface area (Å²) in [4.78, 5) is 18.6. The molecular formula is C17H22N8O. The van der Waals surface area contributed by atoms with Crippen LogP contribution in [0.3, 0.4) is 0 Å². The second kappa shape index (κ2) is 6.08. The van der Waals surface area contributed by atoms with E-state index in [-0.39, 0.29) is 17.9 Å². The second-order valence-electron chi connectivity index (χ2n) is 6.84. The fourth-order valence-corrected chi connectivity index (χ4v) is 3.89. The zero-order chi connectivity index (χ0) is 18.4. The van der Waals surface area contributed by atoms with Gasteiger partial charge in [-0.05, 0) is 13.8 Å². The molecule has 1 fully saturated rings. The third-order valence-electron chi connectivity index (χ3n) is 5.30. The van der Waals surface area contributed by atoms with Crippen LogP contribution < -0.4 is 5.32 Å². The summed E-state index contributed by atoms with van der Waals surface area (Å²) >= 11 is 0. The van der Waals surface area contributed by atoms with Gasteiger partial charge in [-0.25, -0.2) is 4.98 Å². The number of nitrogens with one attached hydrogen (secondary N) is 1. The molecule has 3 aromatic heterocycles. The van der Waals surface area contributed by atoms with Crippen molar-refractivity contribution in [3.05, 3.63) is 35.7 Å². The van der Waals surface area contributed by atoms with Crippen molar-refractivity contribution in [3.63, 3.8) is 0 Å². The van der Waals surface area contributed by atoms with Crippen molar-refractivity contribution >= 4 is 17.4 Å². The van der Waals surface area contributed by atoms with E-state index < -0.39 is 0 Å². The maximum absolute atomic E-state index is 12.4. The van der Waals surface area contributed by atoms with Crippen LogP contribution in [0.15, 0.2) is 18.7 Å². The van der Waals surface area contributed by atoms with Gasteiger partial charge in [0, 0.05) is 56.6 Å². The molecule has 0 spiro atoms. The zero-order valence-corrected chi connectivity index (χ0v) is 15.3. The van der Waals surface area contributed by atoms with Gasteiger partial charge in [-0.15, -0.1) is 10.2 Å². The first kappa shape index (κ1) is 16.5. The lowest BCUT2D eigenvalue weighted by Crippen LogP contribution is -2.27. The molecule has 3 aromatic rings. The molecule has 9 nitrogen and oxygen atoms in total. The summed E-state index contributed by atoms with van der Waals surface area (Å²) in [5.74, 6) is 0.947. The number of carbonyl (C=O) groups excluding carboxylic acids is 1. The van der Waals surface area contributed by atoms with Gasteiger partial charge in [0.2, 0.25) is 11.6 Å². The SMILES string of the molecule is Cc1nn(C)c(C)c1C1C(CNc2nccn3cnnc23)CC(=O)N1C. The van der Waals surface area contributed by atoms with E-state index in [4.69, 9.17) is 0 Å². The lowest BCUT2D eigenvalue weighted by atomic mass is 9.92. The summed E-state index contributed by atoms with van der Waals surface area (Å²) in [5, 5.41) is 15.9. The molecule has 0 saturated carbocycles. The average Bonchev–Trinajstić information content (AvgIpc) is 3.26. The topological polar surface area (TPSA) is 93.2 Å². The van der Waals surface area contributed by atoms with Gasteiger partial charge in [0.15, 0.2) is 5.82 Å². The Bertz CT molecular complexity index is 974. The summed E-state index contributed by atoms with van der Waals surface area (Å²) in [6.45, 7) is 4.67. The van der Waals surface area contributed by atoms with Crippen LogP contribution in [0.4, 0.5) is 5.82 Å². The molecule has 4 heterocycles. The number of rotatable bonds is 4. The van der Waals surface area contributed by atoms with Crippen LogP contribution in [0.25, 0.3) is 5.65 Å². The van der Waals surface area contributed by atoms with Crippen molar-refractivity contribution in [2.24, 2.45) is 13.0 Å². The third-order valence-corrected chi connectivity index (χ3v) is 5.30. The number of amides is 1. The molecule has 136 valence electrons. The Balaban J connectivity index is 1.62. The van der Waals surface area contributed by atoms with E-state index in [2.05, 4.69) is 32.5 Å². The van der Waals surface area contributed by atoms with Gasteiger partial charge in [-0.3, -0.25) is 13.9 Å². The Labute approximate surface area is 151 Å². The zero-order valence-electron chi connectivity index (χ0n) is 15.3. The van der Waals surface area contributed by atoms with Crippen LogP contribution in [-0.2, 0) is 11.8 Å².